The summed E-state index contributed by atoms with van der Waals surface area (Å²) < 4.78 is 5.17. The number of hydrogen-bond donors (Lipinski definition) is 1. The standard InChI is InChI=1S/C16H15NO4/c18-15(17-8-9-21-10-14(17)16(19)20)13-7-3-5-11-4-1-2-6-12(11)13/h1-7,14H,8-10H2,(H,19,20). The second-order valence-corrected chi connectivity index (χ2v) is 4.95. The topological polar surface area (TPSA) is 66.8 Å². The van der Waals surface area contributed by atoms with E-state index in [1.165, 1.54) is 4.90 Å². The SMILES string of the molecule is O=C(O)C1COCCN1C(=O)c1cccc2ccccc12. The lowest BCUT2D eigenvalue weighted by molar-refractivity contribution is -0.147. The van der Waals surface area contributed by atoms with Crippen LogP contribution in [0.4, 0.5) is 0 Å². The molecule has 0 saturated carbocycles. The molecule has 0 spiro atoms. The van der Waals surface area contributed by atoms with Gasteiger partial charge in [-0.25, -0.2) is 4.79 Å². The summed E-state index contributed by atoms with van der Waals surface area (Å²) in [6.45, 7) is 0.686. The summed E-state index contributed by atoms with van der Waals surface area (Å²) in [5.41, 5.74) is 0.529. The number of fused-ring (bicyclic) bond motifs is 1. The maximum Gasteiger partial charge on any atom is 0.328 e. The molecule has 1 N–H and O–H groups in total. The molecule has 21 heavy (non-hydrogen) atoms. The van der Waals surface area contributed by atoms with E-state index in [2.05, 4.69) is 0 Å². The van der Waals surface area contributed by atoms with Gasteiger partial charge in [0.15, 0.2) is 6.04 Å². The average Bonchev–Trinajstić information content (AvgIpc) is 2.53. The number of carbonyl (C=O) groups is 2. The van der Waals surface area contributed by atoms with Crippen molar-refractivity contribution in [1.82, 2.24) is 4.90 Å². The van der Waals surface area contributed by atoms with Gasteiger partial charge in [0.2, 0.25) is 0 Å². The Morgan fingerprint density at radius 2 is 1.90 bits per heavy atom. The number of ether oxygens (including phenoxy) is 1. The maximum absolute atomic E-state index is 12.7. The Balaban J connectivity index is 2.01. The number of hydrogen-bond acceptors (Lipinski definition) is 3. The third-order valence-electron chi connectivity index (χ3n) is 3.69. The number of benzene rings is 2. The predicted molar refractivity (Wildman–Crippen MR) is 77.2 cm³/mol. The van der Waals surface area contributed by atoms with Gasteiger partial charge in [0, 0.05) is 12.1 Å². The summed E-state index contributed by atoms with van der Waals surface area (Å²) in [6, 6.07) is 12.1. The molecule has 1 unspecified atom stereocenters. The number of carboxylic acids is 1. The largest absolute Gasteiger partial charge is 0.480 e. The van der Waals surface area contributed by atoms with Crippen molar-refractivity contribution in [2.75, 3.05) is 19.8 Å². The quantitative estimate of drug-likeness (QED) is 0.913. The molecule has 1 heterocycles. The van der Waals surface area contributed by atoms with Gasteiger partial charge in [0.1, 0.15) is 0 Å². The van der Waals surface area contributed by atoms with Gasteiger partial charge in [-0.1, -0.05) is 36.4 Å². The number of morpholine rings is 1. The van der Waals surface area contributed by atoms with Crippen molar-refractivity contribution in [3.63, 3.8) is 0 Å². The second-order valence-electron chi connectivity index (χ2n) is 4.95. The third-order valence-corrected chi connectivity index (χ3v) is 3.69. The molecule has 2 aromatic rings. The molecule has 0 aromatic heterocycles. The number of carboxylic acid groups (broad SMARTS) is 1. The zero-order valence-electron chi connectivity index (χ0n) is 11.4. The first-order valence-corrected chi connectivity index (χ1v) is 6.78. The minimum atomic E-state index is -1.04. The molecule has 1 aliphatic rings. The van der Waals surface area contributed by atoms with E-state index in [4.69, 9.17) is 4.74 Å². The molecule has 1 amide bonds. The molecule has 3 rings (SSSR count). The molecule has 1 aliphatic heterocycles. The van der Waals surface area contributed by atoms with Gasteiger partial charge < -0.3 is 14.7 Å². The minimum absolute atomic E-state index is 0.0336. The first-order valence-electron chi connectivity index (χ1n) is 6.78. The van der Waals surface area contributed by atoms with E-state index in [1.54, 1.807) is 6.07 Å². The monoisotopic (exact) mass is 285 g/mol. The van der Waals surface area contributed by atoms with Crippen molar-refractivity contribution in [3.05, 3.63) is 48.0 Å². The molecule has 1 saturated heterocycles. The van der Waals surface area contributed by atoms with Gasteiger partial charge in [0.05, 0.1) is 13.2 Å². The Labute approximate surface area is 121 Å². The van der Waals surface area contributed by atoms with Crippen LogP contribution in [0.5, 0.6) is 0 Å². The van der Waals surface area contributed by atoms with Crippen LogP contribution in [0, 0.1) is 0 Å². The Bertz CT molecular complexity index is 692. The van der Waals surface area contributed by atoms with Crippen molar-refractivity contribution in [1.29, 1.82) is 0 Å². The van der Waals surface area contributed by atoms with Gasteiger partial charge >= 0.3 is 5.97 Å². The molecular weight excluding hydrogens is 270 g/mol. The molecule has 1 atom stereocenters. The zero-order chi connectivity index (χ0) is 14.8. The first-order chi connectivity index (χ1) is 10.2. The van der Waals surface area contributed by atoms with Crippen molar-refractivity contribution in [3.8, 4) is 0 Å². The maximum atomic E-state index is 12.7. The molecule has 108 valence electrons. The van der Waals surface area contributed by atoms with E-state index in [9.17, 15) is 14.7 Å². The Morgan fingerprint density at radius 3 is 2.71 bits per heavy atom. The fourth-order valence-corrected chi connectivity index (χ4v) is 2.62. The summed E-state index contributed by atoms with van der Waals surface area (Å²) in [6.07, 6.45) is 0. The first kappa shape index (κ1) is 13.6. The van der Waals surface area contributed by atoms with Gasteiger partial charge in [-0.2, -0.15) is 0 Å². The molecule has 2 aromatic carbocycles. The van der Waals surface area contributed by atoms with Crippen molar-refractivity contribution < 1.29 is 19.4 Å². The van der Waals surface area contributed by atoms with Gasteiger partial charge in [-0.05, 0) is 16.8 Å². The lowest BCUT2D eigenvalue weighted by atomic mass is 10.0. The van der Waals surface area contributed by atoms with Gasteiger partial charge in [0.25, 0.3) is 5.91 Å². The number of amides is 1. The van der Waals surface area contributed by atoms with E-state index >= 15 is 0 Å². The molecule has 5 heteroatoms. The van der Waals surface area contributed by atoms with E-state index in [-0.39, 0.29) is 12.5 Å². The summed E-state index contributed by atoms with van der Waals surface area (Å²) in [7, 11) is 0. The highest BCUT2D eigenvalue weighted by Gasteiger charge is 2.33. The predicted octanol–water partition coefficient (Wildman–Crippen LogP) is 1.77. The smallest absolute Gasteiger partial charge is 0.328 e. The lowest BCUT2D eigenvalue weighted by Crippen LogP contribution is -2.52. The van der Waals surface area contributed by atoms with Crippen LogP contribution in [0.1, 0.15) is 10.4 Å². The summed E-state index contributed by atoms with van der Waals surface area (Å²) in [4.78, 5) is 25.4. The highest BCUT2D eigenvalue weighted by Crippen LogP contribution is 2.21. The Hall–Kier alpha value is -2.40. The minimum Gasteiger partial charge on any atom is -0.480 e. The summed E-state index contributed by atoms with van der Waals surface area (Å²) in [5, 5.41) is 11.0. The fraction of sp³-hybridized carbons (Fsp3) is 0.250. The average molecular weight is 285 g/mol. The van der Waals surface area contributed by atoms with E-state index in [0.29, 0.717) is 18.7 Å². The van der Waals surface area contributed by atoms with E-state index in [0.717, 1.165) is 10.8 Å². The highest BCUT2D eigenvalue weighted by molar-refractivity contribution is 6.08. The molecule has 0 aliphatic carbocycles. The number of carbonyl (C=O) groups excluding carboxylic acids is 1. The molecule has 0 radical (unpaired) electrons. The highest BCUT2D eigenvalue weighted by atomic mass is 16.5. The van der Waals surface area contributed by atoms with Crippen molar-refractivity contribution in [2.45, 2.75) is 6.04 Å². The van der Waals surface area contributed by atoms with Crippen LogP contribution in [0.25, 0.3) is 10.8 Å². The molecule has 5 nitrogen and oxygen atoms in total. The summed E-state index contributed by atoms with van der Waals surface area (Å²) in [5.74, 6) is -1.30. The second kappa shape index (κ2) is 5.54. The van der Waals surface area contributed by atoms with E-state index in [1.807, 2.05) is 36.4 Å². The Kier molecular flexibility index (Phi) is 3.58. The fourth-order valence-electron chi connectivity index (χ4n) is 2.62. The third kappa shape index (κ3) is 2.48. The number of aliphatic carboxylic acids is 1. The molecule has 1 fully saturated rings. The normalized spacial score (nSPS) is 18.7. The van der Waals surface area contributed by atoms with Gasteiger partial charge in [-0.15, -0.1) is 0 Å². The van der Waals surface area contributed by atoms with Crippen LogP contribution < -0.4 is 0 Å². The summed E-state index contributed by atoms with van der Waals surface area (Å²) >= 11 is 0. The van der Waals surface area contributed by atoms with Crippen LogP contribution in [0.2, 0.25) is 0 Å². The Morgan fingerprint density at radius 1 is 1.14 bits per heavy atom. The van der Waals surface area contributed by atoms with Crippen LogP contribution in [0.15, 0.2) is 42.5 Å². The van der Waals surface area contributed by atoms with E-state index < -0.39 is 12.0 Å². The lowest BCUT2D eigenvalue weighted by Gasteiger charge is -2.33. The van der Waals surface area contributed by atoms with Crippen molar-refractivity contribution in [2.24, 2.45) is 0 Å². The van der Waals surface area contributed by atoms with Crippen LogP contribution in [0.3, 0.4) is 0 Å². The molecular formula is C16H15NO4. The van der Waals surface area contributed by atoms with Crippen LogP contribution in [-0.2, 0) is 9.53 Å². The van der Waals surface area contributed by atoms with Crippen LogP contribution >= 0.6 is 0 Å². The number of nitrogens with zero attached hydrogens (tertiary/aromatic N) is 1. The number of rotatable bonds is 2. The zero-order valence-corrected chi connectivity index (χ0v) is 11.4. The molecule has 0 bridgehead atoms. The van der Waals surface area contributed by atoms with Gasteiger partial charge in [-0.3, -0.25) is 4.79 Å². The van der Waals surface area contributed by atoms with Crippen LogP contribution in [-0.4, -0.2) is 47.7 Å². The van der Waals surface area contributed by atoms with Crippen molar-refractivity contribution >= 4 is 22.6 Å².